The normalized spacial score (nSPS) is 23.8. The van der Waals surface area contributed by atoms with E-state index < -0.39 is 28.0 Å². The molecular formula is C12H15ClFNO4S. The summed E-state index contributed by atoms with van der Waals surface area (Å²) in [5, 5.41) is 9.55. The van der Waals surface area contributed by atoms with E-state index in [0.29, 0.717) is 13.0 Å². The summed E-state index contributed by atoms with van der Waals surface area (Å²) >= 11 is 5.79. The van der Waals surface area contributed by atoms with Crippen molar-refractivity contribution in [2.45, 2.75) is 30.4 Å². The molecule has 0 radical (unpaired) electrons. The van der Waals surface area contributed by atoms with Gasteiger partial charge in [-0.3, -0.25) is 0 Å². The SMILES string of the molecule is Cc1cc(S(=O)(=O)N[C@@H]2COCC[C@H]2O)c(Cl)cc1F. The number of benzene rings is 1. The van der Waals surface area contributed by atoms with E-state index in [1.807, 2.05) is 0 Å². The first kappa shape index (κ1) is 15.7. The Morgan fingerprint density at radius 2 is 2.20 bits per heavy atom. The van der Waals surface area contributed by atoms with Crippen LogP contribution in [0.5, 0.6) is 0 Å². The number of rotatable bonds is 3. The van der Waals surface area contributed by atoms with Gasteiger partial charge in [0.15, 0.2) is 0 Å². The van der Waals surface area contributed by atoms with Crippen molar-refractivity contribution in [3.63, 3.8) is 0 Å². The van der Waals surface area contributed by atoms with Gasteiger partial charge in [0, 0.05) is 6.61 Å². The van der Waals surface area contributed by atoms with Crippen molar-refractivity contribution in [3.8, 4) is 0 Å². The van der Waals surface area contributed by atoms with Crippen LogP contribution in [-0.4, -0.2) is 38.9 Å². The first-order chi connectivity index (χ1) is 9.31. The van der Waals surface area contributed by atoms with Crippen molar-refractivity contribution < 1.29 is 22.7 Å². The molecule has 0 unspecified atom stereocenters. The molecule has 1 aromatic carbocycles. The Hall–Kier alpha value is -0.730. The Kier molecular flexibility index (Phi) is 4.66. The van der Waals surface area contributed by atoms with Gasteiger partial charge in [0.1, 0.15) is 10.7 Å². The molecular weight excluding hydrogens is 309 g/mol. The number of nitrogens with one attached hydrogen (secondary N) is 1. The minimum Gasteiger partial charge on any atom is -0.391 e. The summed E-state index contributed by atoms with van der Waals surface area (Å²) in [6.07, 6.45) is -0.470. The van der Waals surface area contributed by atoms with Crippen LogP contribution in [0.15, 0.2) is 17.0 Å². The van der Waals surface area contributed by atoms with Crippen LogP contribution < -0.4 is 4.72 Å². The average Bonchev–Trinajstić information content (AvgIpc) is 2.36. The fourth-order valence-electron chi connectivity index (χ4n) is 1.94. The molecule has 2 atom stereocenters. The van der Waals surface area contributed by atoms with Crippen LogP contribution in [0.2, 0.25) is 5.02 Å². The summed E-state index contributed by atoms with van der Waals surface area (Å²) in [5.74, 6) is -0.574. The molecule has 2 rings (SSSR count). The first-order valence-electron chi connectivity index (χ1n) is 6.05. The van der Waals surface area contributed by atoms with Gasteiger partial charge in [0.05, 0.1) is 23.8 Å². The van der Waals surface area contributed by atoms with E-state index in [-0.39, 0.29) is 22.1 Å². The van der Waals surface area contributed by atoms with Crippen LogP contribution in [0.3, 0.4) is 0 Å². The monoisotopic (exact) mass is 323 g/mol. The molecule has 1 aliphatic rings. The van der Waals surface area contributed by atoms with Crippen molar-refractivity contribution in [3.05, 3.63) is 28.5 Å². The van der Waals surface area contributed by atoms with E-state index in [9.17, 15) is 17.9 Å². The molecule has 0 bridgehead atoms. The second-order valence-corrected chi connectivity index (χ2v) is 6.78. The number of aryl methyl sites for hydroxylation is 1. The molecule has 1 heterocycles. The summed E-state index contributed by atoms with van der Waals surface area (Å²) in [6.45, 7) is 1.91. The molecule has 112 valence electrons. The number of halogens is 2. The molecule has 5 nitrogen and oxygen atoms in total. The zero-order chi connectivity index (χ0) is 14.9. The minimum atomic E-state index is -3.95. The Bertz CT molecular complexity index is 608. The van der Waals surface area contributed by atoms with Gasteiger partial charge in [-0.2, -0.15) is 0 Å². The molecule has 1 aliphatic heterocycles. The number of sulfonamides is 1. The lowest BCUT2D eigenvalue weighted by Crippen LogP contribution is -2.49. The Balaban J connectivity index is 2.28. The molecule has 8 heteroatoms. The molecule has 1 fully saturated rings. The topological polar surface area (TPSA) is 75.6 Å². The van der Waals surface area contributed by atoms with E-state index in [1.54, 1.807) is 0 Å². The lowest BCUT2D eigenvalue weighted by molar-refractivity contribution is -0.00841. The lowest BCUT2D eigenvalue weighted by Gasteiger charge is -2.28. The Morgan fingerprint density at radius 3 is 2.85 bits per heavy atom. The highest BCUT2D eigenvalue weighted by Gasteiger charge is 2.30. The van der Waals surface area contributed by atoms with Crippen molar-refractivity contribution >= 4 is 21.6 Å². The predicted octanol–water partition coefficient (Wildman–Crippen LogP) is 1.22. The van der Waals surface area contributed by atoms with Gasteiger partial charge in [-0.05, 0) is 31.0 Å². The second kappa shape index (κ2) is 5.95. The van der Waals surface area contributed by atoms with Gasteiger partial charge < -0.3 is 9.84 Å². The zero-order valence-corrected chi connectivity index (χ0v) is 12.3. The molecule has 20 heavy (non-hydrogen) atoms. The molecule has 2 N–H and O–H groups in total. The maximum Gasteiger partial charge on any atom is 0.242 e. The van der Waals surface area contributed by atoms with Crippen molar-refractivity contribution in [2.24, 2.45) is 0 Å². The third kappa shape index (κ3) is 3.29. The van der Waals surface area contributed by atoms with E-state index in [2.05, 4.69) is 4.72 Å². The summed E-state index contributed by atoms with van der Waals surface area (Å²) in [5.41, 5.74) is 0.176. The molecule has 1 saturated heterocycles. The largest absolute Gasteiger partial charge is 0.391 e. The van der Waals surface area contributed by atoms with E-state index in [4.69, 9.17) is 16.3 Å². The number of hydrogen-bond donors (Lipinski definition) is 2. The third-order valence-electron chi connectivity index (χ3n) is 3.13. The standard InChI is InChI=1S/C12H15ClFNO4S/c1-7-4-12(8(13)5-9(7)14)20(17,18)15-10-6-19-3-2-11(10)16/h4-5,10-11,15-16H,2-3,6H2,1H3/t10-,11-/m1/s1. The van der Waals surface area contributed by atoms with Crippen LogP contribution in [0.1, 0.15) is 12.0 Å². The van der Waals surface area contributed by atoms with Gasteiger partial charge in [0.2, 0.25) is 10.0 Å². The quantitative estimate of drug-likeness (QED) is 0.877. The molecule has 0 aromatic heterocycles. The predicted molar refractivity (Wildman–Crippen MR) is 71.7 cm³/mol. The van der Waals surface area contributed by atoms with Crippen LogP contribution in [0, 0.1) is 12.7 Å². The maximum absolute atomic E-state index is 13.3. The number of ether oxygens (including phenoxy) is 1. The zero-order valence-electron chi connectivity index (χ0n) is 10.8. The van der Waals surface area contributed by atoms with Gasteiger partial charge in [-0.15, -0.1) is 0 Å². The number of aliphatic hydroxyl groups excluding tert-OH is 1. The van der Waals surface area contributed by atoms with Crippen LogP contribution in [0.4, 0.5) is 4.39 Å². The average molecular weight is 324 g/mol. The second-order valence-electron chi connectivity index (χ2n) is 4.69. The Morgan fingerprint density at radius 1 is 1.50 bits per heavy atom. The molecule has 0 spiro atoms. The van der Waals surface area contributed by atoms with E-state index in [1.165, 1.54) is 6.92 Å². The summed E-state index contributed by atoms with van der Waals surface area (Å²) in [7, 11) is -3.95. The number of aliphatic hydroxyl groups is 1. The molecule has 1 aromatic rings. The Labute approximate surface area is 121 Å². The van der Waals surface area contributed by atoms with E-state index in [0.717, 1.165) is 12.1 Å². The minimum absolute atomic E-state index is 0.0815. The van der Waals surface area contributed by atoms with Gasteiger partial charge in [-0.25, -0.2) is 17.5 Å². The number of hydrogen-bond acceptors (Lipinski definition) is 4. The smallest absolute Gasteiger partial charge is 0.242 e. The molecule has 0 saturated carbocycles. The summed E-state index contributed by atoms with van der Waals surface area (Å²) < 4.78 is 45.3. The van der Waals surface area contributed by atoms with Crippen LogP contribution in [-0.2, 0) is 14.8 Å². The van der Waals surface area contributed by atoms with Crippen LogP contribution in [0.25, 0.3) is 0 Å². The highest BCUT2D eigenvalue weighted by Crippen LogP contribution is 2.25. The maximum atomic E-state index is 13.3. The van der Waals surface area contributed by atoms with Crippen LogP contribution >= 0.6 is 11.6 Å². The van der Waals surface area contributed by atoms with Gasteiger partial charge in [0.25, 0.3) is 0 Å². The third-order valence-corrected chi connectivity index (χ3v) is 5.08. The van der Waals surface area contributed by atoms with Gasteiger partial charge in [-0.1, -0.05) is 11.6 Å². The highest BCUT2D eigenvalue weighted by molar-refractivity contribution is 7.89. The van der Waals surface area contributed by atoms with E-state index >= 15 is 0 Å². The van der Waals surface area contributed by atoms with Gasteiger partial charge >= 0.3 is 0 Å². The van der Waals surface area contributed by atoms with Crippen molar-refractivity contribution in [1.82, 2.24) is 4.72 Å². The fraction of sp³-hybridized carbons (Fsp3) is 0.500. The van der Waals surface area contributed by atoms with Crippen molar-refractivity contribution in [2.75, 3.05) is 13.2 Å². The summed E-state index contributed by atoms with van der Waals surface area (Å²) in [4.78, 5) is -0.212. The first-order valence-corrected chi connectivity index (χ1v) is 7.91. The fourth-order valence-corrected chi connectivity index (χ4v) is 3.79. The lowest BCUT2D eigenvalue weighted by atomic mass is 10.1. The molecule has 0 amide bonds. The molecule has 0 aliphatic carbocycles. The van der Waals surface area contributed by atoms with Crippen molar-refractivity contribution in [1.29, 1.82) is 0 Å². The summed E-state index contributed by atoms with van der Waals surface area (Å²) in [6, 6.07) is 1.38. The highest BCUT2D eigenvalue weighted by atomic mass is 35.5.